The SMILES string of the molecule is O=[N+]([O-])c1ccc(S(=O)(=O)NO)c(-c2ccccc2)c1. The van der Waals surface area contributed by atoms with Crippen molar-refractivity contribution in [3.8, 4) is 11.1 Å². The van der Waals surface area contributed by atoms with Crippen LogP contribution < -0.4 is 4.89 Å². The van der Waals surface area contributed by atoms with Crippen molar-refractivity contribution in [3.63, 3.8) is 0 Å². The normalized spacial score (nSPS) is 11.2. The first-order valence-corrected chi connectivity index (χ1v) is 6.94. The average molecular weight is 294 g/mol. The van der Waals surface area contributed by atoms with E-state index in [1.54, 1.807) is 30.3 Å². The molecule has 0 radical (unpaired) electrons. The largest absolute Gasteiger partial charge is 0.302 e. The van der Waals surface area contributed by atoms with E-state index in [1.165, 1.54) is 4.89 Å². The van der Waals surface area contributed by atoms with Crippen LogP contribution in [0.3, 0.4) is 0 Å². The van der Waals surface area contributed by atoms with Gasteiger partial charge < -0.3 is 5.21 Å². The Bertz CT molecular complexity index is 744. The summed E-state index contributed by atoms with van der Waals surface area (Å²) in [6.07, 6.45) is 0. The highest BCUT2D eigenvalue weighted by atomic mass is 32.2. The van der Waals surface area contributed by atoms with Gasteiger partial charge in [-0.05, 0) is 11.6 Å². The van der Waals surface area contributed by atoms with Crippen LogP contribution >= 0.6 is 0 Å². The molecule has 2 rings (SSSR count). The minimum atomic E-state index is -4.14. The molecule has 2 aromatic carbocycles. The summed E-state index contributed by atoms with van der Waals surface area (Å²) in [5, 5.41) is 19.5. The van der Waals surface area contributed by atoms with Crippen LogP contribution in [0.15, 0.2) is 53.4 Å². The van der Waals surface area contributed by atoms with E-state index in [0.29, 0.717) is 5.56 Å². The maximum absolute atomic E-state index is 11.7. The quantitative estimate of drug-likeness (QED) is 0.661. The summed E-state index contributed by atoms with van der Waals surface area (Å²) in [4.78, 5) is 11.2. The van der Waals surface area contributed by atoms with Crippen LogP contribution in [0.1, 0.15) is 0 Å². The molecule has 0 unspecified atom stereocenters. The van der Waals surface area contributed by atoms with E-state index in [9.17, 15) is 18.5 Å². The van der Waals surface area contributed by atoms with Crippen molar-refractivity contribution in [1.82, 2.24) is 4.89 Å². The van der Waals surface area contributed by atoms with Crippen LogP contribution in [0, 0.1) is 10.1 Å². The van der Waals surface area contributed by atoms with Gasteiger partial charge in [-0.3, -0.25) is 10.1 Å². The second-order valence-electron chi connectivity index (χ2n) is 3.90. The summed E-state index contributed by atoms with van der Waals surface area (Å²) in [6.45, 7) is 0. The molecule has 0 fully saturated rings. The van der Waals surface area contributed by atoms with Gasteiger partial charge in [0.1, 0.15) is 0 Å². The molecule has 0 saturated heterocycles. The zero-order chi connectivity index (χ0) is 14.8. The Morgan fingerprint density at radius 1 is 1.10 bits per heavy atom. The first kappa shape index (κ1) is 14.1. The Kier molecular flexibility index (Phi) is 3.79. The predicted octanol–water partition coefficient (Wildman–Crippen LogP) is 1.93. The fourth-order valence-corrected chi connectivity index (χ4v) is 2.57. The molecule has 0 amide bonds. The van der Waals surface area contributed by atoms with Crippen molar-refractivity contribution in [2.24, 2.45) is 0 Å². The van der Waals surface area contributed by atoms with Gasteiger partial charge in [0.25, 0.3) is 15.7 Å². The van der Waals surface area contributed by atoms with Crippen LogP contribution in [-0.4, -0.2) is 18.5 Å². The highest BCUT2D eigenvalue weighted by molar-refractivity contribution is 7.89. The zero-order valence-corrected chi connectivity index (χ0v) is 10.9. The highest BCUT2D eigenvalue weighted by Crippen LogP contribution is 2.30. The van der Waals surface area contributed by atoms with Crippen molar-refractivity contribution in [2.45, 2.75) is 4.90 Å². The van der Waals surface area contributed by atoms with Crippen molar-refractivity contribution in [2.75, 3.05) is 0 Å². The molecule has 0 aromatic heterocycles. The first-order chi connectivity index (χ1) is 9.45. The molecule has 0 saturated carbocycles. The number of sulfonamides is 1. The van der Waals surface area contributed by atoms with Crippen molar-refractivity contribution < 1.29 is 18.5 Å². The van der Waals surface area contributed by atoms with Crippen LogP contribution in [0.4, 0.5) is 5.69 Å². The van der Waals surface area contributed by atoms with Gasteiger partial charge in [0.2, 0.25) is 0 Å². The van der Waals surface area contributed by atoms with E-state index in [1.807, 2.05) is 0 Å². The van der Waals surface area contributed by atoms with Gasteiger partial charge in [0, 0.05) is 17.7 Å². The fraction of sp³-hybridized carbons (Fsp3) is 0. The summed E-state index contributed by atoms with van der Waals surface area (Å²) in [5.74, 6) is 0. The number of nitrogens with zero attached hydrogens (tertiary/aromatic N) is 1. The van der Waals surface area contributed by atoms with Gasteiger partial charge in [-0.15, -0.1) is 0 Å². The third kappa shape index (κ3) is 2.67. The number of non-ortho nitro benzene ring substituents is 1. The van der Waals surface area contributed by atoms with E-state index in [0.717, 1.165) is 18.2 Å². The number of hydrogen-bond donors (Lipinski definition) is 2. The molecule has 2 aromatic rings. The molecular weight excluding hydrogens is 284 g/mol. The molecule has 0 aliphatic rings. The lowest BCUT2D eigenvalue weighted by Crippen LogP contribution is -2.20. The molecule has 0 bridgehead atoms. The topological polar surface area (TPSA) is 110 Å². The molecule has 104 valence electrons. The van der Waals surface area contributed by atoms with Crippen LogP contribution in [0.5, 0.6) is 0 Å². The van der Waals surface area contributed by atoms with Crippen molar-refractivity contribution in [1.29, 1.82) is 0 Å². The van der Waals surface area contributed by atoms with Crippen LogP contribution in [0.2, 0.25) is 0 Å². The molecule has 0 atom stereocenters. The Labute approximate surface area is 114 Å². The summed E-state index contributed by atoms with van der Waals surface area (Å²) in [7, 11) is -4.14. The molecule has 0 spiro atoms. The van der Waals surface area contributed by atoms with Crippen molar-refractivity contribution in [3.05, 3.63) is 58.6 Å². The number of nitrogens with one attached hydrogen (secondary N) is 1. The third-order valence-electron chi connectivity index (χ3n) is 2.67. The molecule has 0 aliphatic heterocycles. The summed E-state index contributed by atoms with van der Waals surface area (Å²) in [5.41, 5.74) is 0.395. The number of nitro benzene ring substituents is 1. The average Bonchev–Trinajstić information content (AvgIpc) is 2.47. The first-order valence-electron chi connectivity index (χ1n) is 5.45. The minimum absolute atomic E-state index is 0.140. The highest BCUT2D eigenvalue weighted by Gasteiger charge is 2.21. The van der Waals surface area contributed by atoms with Gasteiger partial charge in [-0.2, -0.15) is 0 Å². The number of nitro groups is 1. The maximum atomic E-state index is 11.7. The molecular formula is C12H10N2O5S. The fourth-order valence-electron chi connectivity index (χ4n) is 1.76. The summed E-state index contributed by atoms with van der Waals surface area (Å²) >= 11 is 0. The molecule has 2 N–H and O–H groups in total. The van der Waals surface area contributed by atoms with Gasteiger partial charge >= 0.3 is 0 Å². The van der Waals surface area contributed by atoms with E-state index in [-0.39, 0.29) is 16.1 Å². The van der Waals surface area contributed by atoms with Gasteiger partial charge in [0.15, 0.2) is 0 Å². The van der Waals surface area contributed by atoms with Gasteiger partial charge in [-0.1, -0.05) is 35.2 Å². The lowest BCUT2D eigenvalue weighted by Gasteiger charge is -2.09. The second kappa shape index (κ2) is 5.37. The standard InChI is InChI=1S/C12H10N2O5S/c15-13-20(18,19)12-7-6-10(14(16)17)8-11(12)9-4-2-1-3-5-9/h1-8,13,15H. The molecule has 7 nitrogen and oxygen atoms in total. The Balaban J connectivity index is 2.74. The monoisotopic (exact) mass is 294 g/mol. The Morgan fingerprint density at radius 3 is 2.30 bits per heavy atom. The van der Waals surface area contributed by atoms with E-state index < -0.39 is 14.9 Å². The number of rotatable bonds is 4. The number of benzene rings is 2. The van der Waals surface area contributed by atoms with Crippen LogP contribution in [0.25, 0.3) is 11.1 Å². The Morgan fingerprint density at radius 2 is 1.75 bits per heavy atom. The van der Waals surface area contributed by atoms with Crippen molar-refractivity contribution >= 4 is 15.7 Å². The van der Waals surface area contributed by atoms with Gasteiger partial charge in [-0.25, -0.2) is 8.42 Å². The lowest BCUT2D eigenvalue weighted by molar-refractivity contribution is -0.384. The lowest BCUT2D eigenvalue weighted by atomic mass is 10.1. The minimum Gasteiger partial charge on any atom is -0.302 e. The molecule has 8 heteroatoms. The smallest absolute Gasteiger partial charge is 0.270 e. The van der Waals surface area contributed by atoms with Crippen LogP contribution in [-0.2, 0) is 10.0 Å². The molecule has 20 heavy (non-hydrogen) atoms. The second-order valence-corrected chi connectivity index (χ2v) is 5.53. The maximum Gasteiger partial charge on any atom is 0.270 e. The van der Waals surface area contributed by atoms with Gasteiger partial charge in [0.05, 0.1) is 9.82 Å². The third-order valence-corrected chi connectivity index (χ3v) is 3.84. The van der Waals surface area contributed by atoms with E-state index in [2.05, 4.69) is 0 Å². The summed E-state index contributed by atoms with van der Waals surface area (Å²) in [6, 6.07) is 11.6. The molecule has 0 aliphatic carbocycles. The molecule has 0 heterocycles. The Hall–Kier alpha value is -2.29. The van der Waals surface area contributed by atoms with E-state index in [4.69, 9.17) is 5.21 Å². The zero-order valence-electron chi connectivity index (χ0n) is 10.1. The van der Waals surface area contributed by atoms with E-state index >= 15 is 0 Å². The summed E-state index contributed by atoms with van der Waals surface area (Å²) < 4.78 is 23.5. The number of hydrogen-bond acceptors (Lipinski definition) is 5. The predicted molar refractivity (Wildman–Crippen MR) is 70.6 cm³/mol.